The van der Waals surface area contributed by atoms with Crippen LogP contribution in [0.25, 0.3) is 21.6 Å². The molecule has 0 bridgehead atoms. The number of halogens is 3. The van der Waals surface area contributed by atoms with Gasteiger partial charge in [-0.2, -0.15) is 18.2 Å². The van der Waals surface area contributed by atoms with E-state index in [0.717, 1.165) is 29.4 Å². The van der Waals surface area contributed by atoms with E-state index in [4.69, 9.17) is 4.74 Å². The fourth-order valence-corrected chi connectivity index (χ4v) is 5.81. The van der Waals surface area contributed by atoms with Crippen LogP contribution in [0.3, 0.4) is 0 Å². The number of anilines is 1. The van der Waals surface area contributed by atoms with Crippen molar-refractivity contribution in [1.82, 2.24) is 24.8 Å². The molecule has 8 nitrogen and oxygen atoms in total. The first-order chi connectivity index (χ1) is 21.1. The van der Waals surface area contributed by atoms with Crippen molar-refractivity contribution in [2.24, 2.45) is 0 Å². The number of hydrogen-bond donors (Lipinski definition) is 1. The summed E-state index contributed by atoms with van der Waals surface area (Å²) in [5.74, 6) is 0.572. The fourth-order valence-electron chi connectivity index (χ4n) is 5.05. The molecule has 0 spiro atoms. The van der Waals surface area contributed by atoms with E-state index in [1.54, 1.807) is 43.6 Å². The van der Waals surface area contributed by atoms with Crippen molar-refractivity contribution in [3.05, 3.63) is 94.6 Å². The standard InChI is InChI=1S/C32H29F3N6O2S/c1-20-5-8-24(43-31-28-27(9-15-44-28)38-29(39-31)21-4-3-10-36-18-21)17-25(20)30(42)37-23-7-6-22(26(16-23)32(33,34)35)19-41-13-11-40(2)12-14-41/h3-10,15-18H,11-14,19H2,1-2H3,(H,37,42). The van der Waals surface area contributed by atoms with Crippen LogP contribution in [-0.4, -0.2) is 63.9 Å². The highest BCUT2D eigenvalue weighted by Crippen LogP contribution is 2.36. The number of pyridine rings is 1. The van der Waals surface area contributed by atoms with Gasteiger partial charge in [0.25, 0.3) is 5.91 Å². The van der Waals surface area contributed by atoms with Crippen LogP contribution in [0.15, 0.2) is 72.4 Å². The third-order valence-electron chi connectivity index (χ3n) is 7.52. The van der Waals surface area contributed by atoms with Crippen molar-refractivity contribution in [2.45, 2.75) is 19.6 Å². The molecule has 6 rings (SSSR count). The molecule has 2 aromatic carbocycles. The van der Waals surface area contributed by atoms with Gasteiger partial charge in [-0.1, -0.05) is 12.1 Å². The largest absolute Gasteiger partial charge is 0.437 e. The first-order valence-corrected chi connectivity index (χ1v) is 14.9. The van der Waals surface area contributed by atoms with Gasteiger partial charge in [0.1, 0.15) is 10.4 Å². The highest BCUT2D eigenvalue weighted by atomic mass is 32.1. The number of piperazine rings is 1. The first-order valence-electron chi connectivity index (χ1n) is 14.0. The molecule has 1 saturated heterocycles. The minimum Gasteiger partial charge on any atom is -0.437 e. The number of ether oxygens (including phenoxy) is 1. The Kier molecular flexibility index (Phi) is 8.30. The van der Waals surface area contributed by atoms with Crippen LogP contribution in [0, 0.1) is 6.92 Å². The number of thiophene rings is 1. The van der Waals surface area contributed by atoms with Crippen molar-refractivity contribution in [3.63, 3.8) is 0 Å². The van der Waals surface area contributed by atoms with Crippen LogP contribution < -0.4 is 10.1 Å². The molecule has 0 unspecified atom stereocenters. The van der Waals surface area contributed by atoms with Gasteiger partial charge in [-0.25, -0.2) is 4.98 Å². The van der Waals surface area contributed by atoms with Gasteiger partial charge < -0.3 is 15.0 Å². The molecule has 0 atom stereocenters. The van der Waals surface area contributed by atoms with E-state index in [9.17, 15) is 18.0 Å². The van der Waals surface area contributed by atoms with Crippen LogP contribution in [-0.2, 0) is 12.7 Å². The number of benzene rings is 2. The van der Waals surface area contributed by atoms with E-state index < -0.39 is 17.6 Å². The second-order valence-electron chi connectivity index (χ2n) is 10.7. The molecule has 1 amide bonds. The molecule has 0 aliphatic carbocycles. The molecule has 226 valence electrons. The summed E-state index contributed by atoms with van der Waals surface area (Å²) in [6.07, 6.45) is -1.24. The predicted octanol–water partition coefficient (Wildman–Crippen LogP) is 6.87. The molecule has 5 aromatic rings. The lowest BCUT2D eigenvalue weighted by Gasteiger charge is -2.33. The van der Waals surface area contributed by atoms with Crippen LogP contribution in [0.2, 0.25) is 0 Å². The number of carbonyl (C=O) groups excluding carboxylic acids is 1. The minimum absolute atomic E-state index is 0.0624. The topological polar surface area (TPSA) is 83.5 Å². The number of fused-ring (bicyclic) bond motifs is 1. The van der Waals surface area contributed by atoms with Gasteiger partial charge in [-0.05, 0) is 72.9 Å². The van der Waals surface area contributed by atoms with E-state index in [1.165, 1.54) is 23.5 Å². The lowest BCUT2D eigenvalue weighted by atomic mass is 10.0. The molecular weight excluding hydrogens is 589 g/mol. The van der Waals surface area contributed by atoms with Gasteiger partial charge in [0.2, 0.25) is 5.88 Å². The second-order valence-corrected chi connectivity index (χ2v) is 11.6. The molecule has 1 aliphatic heterocycles. The van der Waals surface area contributed by atoms with E-state index in [2.05, 4.69) is 25.2 Å². The van der Waals surface area contributed by atoms with Crippen LogP contribution >= 0.6 is 11.3 Å². The third-order valence-corrected chi connectivity index (χ3v) is 8.42. The minimum atomic E-state index is -4.56. The highest BCUT2D eigenvalue weighted by molar-refractivity contribution is 7.17. The molecule has 12 heteroatoms. The van der Waals surface area contributed by atoms with E-state index in [1.807, 2.05) is 29.5 Å². The Hall–Kier alpha value is -4.39. The normalized spacial score (nSPS) is 14.6. The van der Waals surface area contributed by atoms with Gasteiger partial charge in [0, 0.05) is 61.9 Å². The highest BCUT2D eigenvalue weighted by Gasteiger charge is 2.34. The number of amides is 1. The number of aromatic nitrogens is 3. The number of carbonyl (C=O) groups is 1. The zero-order valence-electron chi connectivity index (χ0n) is 24.1. The monoisotopic (exact) mass is 618 g/mol. The molecule has 0 saturated carbocycles. The Morgan fingerprint density at radius 2 is 1.86 bits per heavy atom. The Morgan fingerprint density at radius 1 is 1.05 bits per heavy atom. The fraction of sp³-hybridized carbons (Fsp3) is 0.250. The lowest BCUT2D eigenvalue weighted by molar-refractivity contribution is -0.138. The second kappa shape index (κ2) is 12.3. The number of aryl methyl sites for hydroxylation is 1. The quantitative estimate of drug-likeness (QED) is 0.213. The number of rotatable bonds is 7. The summed E-state index contributed by atoms with van der Waals surface area (Å²) in [6, 6.07) is 14.5. The maximum atomic E-state index is 14.1. The zero-order valence-corrected chi connectivity index (χ0v) is 24.9. The van der Waals surface area contributed by atoms with Gasteiger partial charge in [-0.15, -0.1) is 11.3 Å². The maximum absolute atomic E-state index is 14.1. The summed E-state index contributed by atoms with van der Waals surface area (Å²) in [5.41, 5.74) is 1.83. The molecular formula is C32H29F3N6O2S. The molecule has 3 aromatic heterocycles. The summed E-state index contributed by atoms with van der Waals surface area (Å²) in [4.78, 5) is 30.9. The Bertz CT molecular complexity index is 1800. The van der Waals surface area contributed by atoms with Crippen molar-refractivity contribution in [3.8, 4) is 23.0 Å². The average molecular weight is 619 g/mol. The molecule has 4 heterocycles. The van der Waals surface area contributed by atoms with Crippen LogP contribution in [0.1, 0.15) is 27.0 Å². The van der Waals surface area contributed by atoms with E-state index in [-0.39, 0.29) is 23.4 Å². The van der Waals surface area contributed by atoms with E-state index >= 15 is 0 Å². The summed E-state index contributed by atoms with van der Waals surface area (Å²) < 4.78 is 49.2. The summed E-state index contributed by atoms with van der Waals surface area (Å²) in [5, 5.41) is 4.54. The first kappa shape index (κ1) is 29.7. The SMILES string of the molecule is Cc1ccc(Oc2nc(-c3cccnc3)nc3ccsc23)cc1C(=O)Nc1ccc(CN2CCN(C)CC2)c(C(F)(F)F)c1. The smallest absolute Gasteiger partial charge is 0.416 e. The number of alkyl halides is 3. The average Bonchev–Trinajstić information content (AvgIpc) is 3.49. The summed E-state index contributed by atoms with van der Waals surface area (Å²) in [7, 11) is 2.00. The predicted molar refractivity (Wildman–Crippen MR) is 164 cm³/mol. The van der Waals surface area contributed by atoms with Gasteiger partial charge in [-0.3, -0.25) is 14.7 Å². The van der Waals surface area contributed by atoms with E-state index in [0.29, 0.717) is 41.6 Å². The zero-order chi connectivity index (χ0) is 30.8. The van der Waals surface area contributed by atoms with Gasteiger partial charge >= 0.3 is 6.18 Å². The van der Waals surface area contributed by atoms with Gasteiger partial charge in [0.05, 0.1) is 11.1 Å². The Labute approximate surface area is 256 Å². The molecule has 0 radical (unpaired) electrons. The molecule has 44 heavy (non-hydrogen) atoms. The summed E-state index contributed by atoms with van der Waals surface area (Å²) >= 11 is 1.43. The number of likely N-dealkylation sites (N-methyl/N-ethyl adjacent to an activating group) is 1. The van der Waals surface area contributed by atoms with Crippen LogP contribution in [0.5, 0.6) is 11.6 Å². The van der Waals surface area contributed by atoms with Crippen molar-refractivity contribution in [2.75, 3.05) is 38.5 Å². The lowest BCUT2D eigenvalue weighted by Crippen LogP contribution is -2.44. The molecule has 1 N–H and O–H groups in total. The van der Waals surface area contributed by atoms with Gasteiger partial charge in [0.15, 0.2) is 5.82 Å². The van der Waals surface area contributed by atoms with Crippen molar-refractivity contribution in [1.29, 1.82) is 0 Å². The number of hydrogen-bond acceptors (Lipinski definition) is 8. The van der Waals surface area contributed by atoms with Crippen molar-refractivity contribution >= 4 is 33.1 Å². The number of nitrogens with one attached hydrogen (secondary N) is 1. The molecule has 1 fully saturated rings. The maximum Gasteiger partial charge on any atom is 0.416 e. The third kappa shape index (κ3) is 6.57. The number of nitrogens with zero attached hydrogens (tertiary/aromatic N) is 5. The molecule has 1 aliphatic rings. The Balaban J connectivity index is 1.24. The summed E-state index contributed by atoms with van der Waals surface area (Å²) in [6.45, 7) is 4.95. The van der Waals surface area contributed by atoms with Crippen LogP contribution in [0.4, 0.5) is 18.9 Å². The Morgan fingerprint density at radius 3 is 2.61 bits per heavy atom. The van der Waals surface area contributed by atoms with Crippen molar-refractivity contribution < 1.29 is 22.7 Å².